The van der Waals surface area contributed by atoms with Crippen molar-refractivity contribution in [1.82, 2.24) is 0 Å². The van der Waals surface area contributed by atoms with Crippen molar-refractivity contribution in [3.05, 3.63) is 28.8 Å². The summed E-state index contributed by atoms with van der Waals surface area (Å²) in [5.74, 6) is 0.599. The van der Waals surface area contributed by atoms with E-state index in [0.717, 1.165) is 6.42 Å². The number of carbonyl (C=O) groups excluding carboxylic acids is 1. The molecule has 0 saturated carbocycles. The summed E-state index contributed by atoms with van der Waals surface area (Å²) in [5, 5.41) is 12.1. The molecule has 4 nitrogen and oxygen atoms in total. The number of nitriles is 1. The Morgan fingerprint density at radius 2 is 2.20 bits per heavy atom. The minimum Gasteiger partial charge on any atom is -0.330 e. The van der Waals surface area contributed by atoms with Crippen LogP contribution < -0.4 is 11.1 Å². The number of nitrogens with two attached hydrogens (primary N) is 1. The number of carbonyl (C=O) groups is 1. The summed E-state index contributed by atoms with van der Waals surface area (Å²) in [7, 11) is 0. The monoisotopic (exact) mass is 293 g/mol. The lowest BCUT2D eigenvalue weighted by molar-refractivity contribution is -0.117. The fourth-order valence-electron chi connectivity index (χ4n) is 2.09. The molecule has 1 aromatic rings. The minimum absolute atomic E-state index is 0.0905. The third-order valence-electron chi connectivity index (χ3n) is 2.98. The molecule has 0 bridgehead atoms. The molecule has 0 aromatic heterocycles. The number of nitrogens with zero attached hydrogens (tertiary/aromatic N) is 1. The smallest absolute Gasteiger partial charge is 0.224 e. The normalized spacial score (nSPS) is 12.0. The van der Waals surface area contributed by atoms with Crippen LogP contribution in [0.3, 0.4) is 0 Å². The van der Waals surface area contributed by atoms with Gasteiger partial charge in [0.15, 0.2) is 0 Å². The van der Waals surface area contributed by atoms with Crippen LogP contribution in [0.5, 0.6) is 0 Å². The summed E-state index contributed by atoms with van der Waals surface area (Å²) in [6.07, 6.45) is 1.31. The lowest BCUT2D eigenvalue weighted by atomic mass is 9.94. The lowest BCUT2D eigenvalue weighted by Gasteiger charge is -2.16. The van der Waals surface area contributed by atoms with E-state index in [0.29, 0.717) is 35.2 Å². The Labute approximate surface area is 124 Å². The van der Waals surface area contributed by atoms with E-state index >= 15 is 0 Å². The maximum absolute atomic E-state index is 12.0. The second-order valence-corrected chi connectivity index (χ2v) is 5.70. The molecule has 1 amide bonds. The zero-order valence-electron chi connectivity index (χ0n) is 11.8. The van der Waals surface area contributed by atoms with Gasteiger partial charge in [-0.25, -0.2) is 0 Å². The molecule has 3 N–H and O–H groups in total. The van der Waals surface area contributed by atoms with Crippen LogP contribution >= 0.6 is 11.6 Å². The number of rotatable bonds is 6. The number of hydrogen-bond acceptors (Lipinski definition) is 3. The van der Waals surface area contributed by atoms with E-state index in [1.54, 1.807) is 18.2 Å². The van der Waals surface area contributed by atoms with Gasteiger partial charge in [-0.2, -0.15) is 5.26 Å². The third kappa shape index (κ3) is 5.20. The van der Waals surface area contributed by atoms with Crippen molar-refractivity contribution in [1.29, 1.82) is 5.26 Å². The van der Waals surface area contributed by atoms with Gasteiger partial charge in [-0.15, -0.1) is 0 Å². The van der Waals surface area contributed by atoms with E-state index in [4.69, 9.17) is 22.6 Å². The van der Waals surface area contributed by atoms with Crippen LogP contribution in [0.15, 0.2) is 18.2 Å². The zero-order chi connectivity index (χ0) is 15.1. The predicted octanol–water partition coefficient (Wildman–Crippen LogP) is 3.16. The summed E-state index contributed by atoms with van der Waals surface area (Å²) >= 11 is 5.85. The zero-order valence-corrected chi connectivity index (χ0v) is 12.6. The Morgan fingerprint density at radius 1 is 1.50 bits per heavy atom. The molecule has 0 fully saturated rings. The van der Waals surface area contributed by atoms with Crippen molar-refractivity contribution in [2.75, 3.05) is 11.9 Å². The summed E-state index contributed by atoms with van der Waals surface area (Å²) in [5.41, 5.74) is 6.62. The maximum Gasteiger partial charge on any atom is 0.224 e. The Morgan fingerprint density at radius 3 is 2.75 bits per heavy atom. The Bertz CT molecular complexity index is 508. The van der Waals surface area contributed by atoms with Crippen molar-refractivity contribution in [3.8, 4) is 6.07 Å². The van der Waals surface area contributed by atoms with E-state index in [2.05, 4.69) is 19.2 Å². The molecule has 0 heterocycles. The fraction of sp³-hybridized carbons (Fsp3) is 0.467. The van der Waals surface area contributed by atoms with Crippen LogP contribution in [0.4, 0.5) is 5.69 Å². The largest absolute Gasteiger partial charge is 0.330 e. The molecular weight excluding hydrogens is 274 g/mol. The highest BCUT2D eigenvalue weighted by Gasteiger charge is 2.14. The van der Waals surface area contributed by atoms with Gasteiger partial charge in [-0.05, 0) is 43.0 Å². The van der Waals surface area contributed by atoms with Gasteiger partial charge in [0.2, 0.25) is 5.91 Å². The first-order valence-corrected chi connectivity index (χ1v) is 7.03. The molecule has 5 heteroatoms. The Hall–Kier alpha value is -1.57. The van der Waals surface area contributed by atoms with E-state index in [-0.39, 0.29) is 11.8 Å². The number of halogens is 1. The summed E-state index contributed by atoms with van der Waals surface area (Å²) < 4.78 is 0. The highest BCUT2D eigenvalue weighted by atomic mass is 35.5. The average Bonchev–Trinajstić information content (AvgIpc) is 2.39. The molecule has 0 unspecified atom stereocenters. The van der Waals surface area contributed by atoms with Gasteiger partial charge in [0.05, 0.1) is 10.6 Å². The highest BCUT2D eigenvalue weighted by Crippen LogP contribution is 2.21. The van der Waals surface area contributed by atoms with Gasteiger partial charge in [0.1, 0.15) is 6.07 Å². The second kappa shape index (κ2) is 7.88. The summed E-state index contributed by atoms with van der Waals surface area (Å²) in [6, 6.07) is 6.84. The number of anilines is 1. The molecule has 108 valence electrons. The van der Waals surface area contributed by atoms with Crippen molar-refractivity contribution in [2.24, 2.45) is 17.6 Å². The second-order valence-electron chi connectivity index (χ2n) is 5.29. The first kappa shape index (κ1) is 16.5. The van der Waals surface area contributed by atoms with Crippen LogP contribution in [-0.2, 0) is 4.79 Å². The SMILES string of the molecule is CC(C)C[C@H](CN)CC(=O)Nc1ccc(Cl)c(C#N)c1. The Balaban J connectivity index is 2.64. The van der Waals surface area contributed by atoms with E-state index in [1.807, 2.05) is 6.07 Å². The van der Waals surface area contributed by atoms with Gasteiger partial charge in [-0.3, -0.25) is 4.79 Å². The number of benzene rings is 1. The summed E-state index contributed by atoms with van der Waals surface area (Å²) in [4.78, 5) is 12.0. The van der Waals surface area contributed by atoms with Gasteiger partial charge >= 0.3 is 0 Å². The van der Waals surface area contributed by atoms with E-state index in [9.17, 15) is 4.79 Å². The van der Waals surface area contributed by atoms with Crippen molar-refractivity contribution in [2.45, 2.75) is 26.7 Å². The topological polar surface area (TPSA) is 78.9 Å². The Kier molecular flexibility index (Phi) is 6.50. The molecule has 0 saturated heterocycles. The van der Waals surface area contributed by atoms with Crippen molar-refractivity contribution < 1.29 is 4.79 Å². The van der Waals surface area contributed by atoms with E-state index in [1.165, 1.54) is 0 Å². The maximum atomic E-state index is 12.0. The molecule has 0 aliphatic carbocycles. The average molecular weight is 294 g/mol. The van der Waals surface area contributed by atoms with Crippen LogP contribution in [0, 0.1) is 23.2 Å². The lowest BCUT2D eigenvalue weighted by Crippen LogP contribution is -2.23. The molecule has 1 atom stereocenters. The highest BCUT2D eigenvalue weighted by molar-refractivity contribution is 6.31. The van der Waals surface area contributed by atoms with Gasteiger partial charge < -0.3 is 11.1 Å². The number of amides is 1. The van der Waals surface area contributed by atoms with Gasteiger partial charge in [-0.1, -0.05) is 25.4 Å². The van der Waals surface area contributed by atoms with Gasteiger partial charge in [0.25, 0.3) is 0 Å². The molecule has 20 heavy (non-hydrogen) atoms. The van der Waals surface area contributed by atoms with Crippen molar-refractivity contribution in [3.63, 3.8) is 0 Å². The first-order valence-electron chi connectivity index (χ1n) is 6.65. The predicted molar refractivity (Wildman–Crippen MR) is 81.4 cm³/mol. The van der Waals surface area contributed by atoms with Crippen LogP contribution in [0.25, 0.3) is 0 Å². The third-order valence-corrected chi connectivity index (χ3v) is 3.31. The minimum atomic E-state index is -0.0905. The van der Waals surface area contributed by atoms with Crippen molar-refractivity contribution >= 4 is 23.2 Å². The molecule has 0 aliphatic heterocycles. The van der Waals surface area contributed by atoms with Crippen LogP contribution in [-0.4, -0.2) is 12.5 Å². The first-order chi connectivity index (χ1) is 9.46. The molecule has 0 spiro atoms. The fourth-order valence-corrected chi connectivity index (χ4v) is 2.25. The number of nitrogens with one attached hydrogen (secondary N) is 1. The molecular formula is C15H20ClN3O. The summed E-state index contributed by atoms with van der Waals surface area (Å²) in [6.45, 7) is 4.72. The number of hydrogen-bond donors (Lipinski definition) is 2. The standard InChI is InChI=1S/C15H20ClN3O/c1-10(2)5-11(8-17)6-15(20)19-13-3-4-14(16)12(7-13)9-18/h3-4,7,10-11H,5-6,8,17H2,1-2H3,(H,19,20)/t11-/m0/s1. The quantitative estimate of drug-likeness (QED) is 0.845. The molecule has 0 aliphatic rings. The molecule has 0 radical (unpaired) electrons. The molecule has 1 rings (SSSR count). The van der Waals surface area contributed by atoms with Gasteiger partial charge in [0, 0.05) is 12.1 Å². The van der Waals surface area contributed by atoms with Crippen LogP contribution in [0.2, 0.25) is 5.02 Å². The van der Waals surface area contributed by atoms with E-state index < -0.39 is 0 Å². The van der Waals surface area contributed by atoms with Crippen LogP contribution in [0.1, 0.15) is 32.3 Å². The molecule has 1 aromatic carbocycles.